The van der Waals surface area contributed by atoms with Crippen molar-refractivity contribution in [1.82, 2.24) is 0 Å². The second-order valence-electron chi connectivity index (χ2n) is 8.13. The zero-order chi connectivity index (χ0) is 14.5. The molecule has 4 bridgehead atoms. The van der Waals surface area contributed by atoms with Crippen molar-refractivity contribution >= 4 is 17.7 Å². The number of thioether (sulfide) groups is 1. The number of carboxylic acid groups (broad SMARTS) is 1. The summed E-state index contributed by atoms with van der Waals surface area (Å²) < 4.78 is -0.380. The Morgan fingerprint density at radius 3 is 2.10 bits per heavy atom. The SMILES string of the molecule is CC(C)(SCC12CC3CC(CC(C3)C1)C2)[C@@H](N)C(=O)O. The Bertz CT molecular complexity index is 372. The number of rotatable bonds is 5. The molecule has 0 aromatic rings. The molecule has 0 aromatic heterocycles. The molecule has 4 aliphatic carbocycles. The maximum Gasteiger partial charge on any atom is 0.321 e. The van der Waals surface area contributed by atoms with Crippen molar-refractivity contribution in [2.75, 3.05) is 5.75 Å². The molecular weight excluding hydrogens is 270 g/mol. The summed E-state index contributed by atoms with van der Waals surface area (Å²) in [6.07, 6.45) is 8.52. The van der Waals surface area contributed by atoms with Crippen LogP contribution in [0.15, 0.2) is 0 Å². The van der Waals surface area contributed by atoms with Gasteiger partial charge in [-0.2, -0.15) is 11.8 Å². The van der Waals surface area contributed by atoms with E-state index in [1.54, 1.807) is 11.8 Å². The van der Waals surface area contributed by atoms with Gasteiger partial charge in [0.25, 0.3) is 0 Å². The van der Waals surface area contributed by atoms with E-state index in [0.29, 0.717) is 5.41 Å². The normalized spacial score (nSPS) is 40.9. The number of hydrogen-bond donors (Lipinski definition) is 2. The monoisotopic (exact) mass is 297 g/mol. The fraction of sp³-hybridized carbons (Fsp3) is 0.938. The van der Waals surface area contributed by atoms with Crippen LogP contribution in [-0.2, 0) is 4.79 Å². The molecule has 1 atom stereocenters. The second kappa shape index (κ2) is 4.91. The molecule has 4 fully saturated rings. The van der Waals surface area contributed by atoms with Gasteiger partial charge < -0.3 is 10.8 Å². The summed E-state index contributed by atoms with van der Waals surface area (Å²) in [5, 5.41) is 9.14. The molecule has 0 unspecified atom stereocenters. The topological polar surface area (TPSA) is 63.3 Å². The van der Waals surface area contributed by atoms with Crippen LogP contribution in [-0.4, -0.2) is 27.6 Å². The van der Waals surface area contributed by atoms with Gasteiger partial charge in [-0.15, -0.1) is 0 Å². The predicted molar refractivity (Wildman–Crippen MR) is 82.8 cm³/mol. The molecule has 4 rings (SSSR count). The van der Waals surface area contributed by atoms with E-state index in [0.717, 1.165) is 23.5 Å². The van der Waals surface area contributed by atoms with Gasteiger partial charge >= 0.3 is 5.97 Å². The minimum Gasteiger partial charge on any atom is -0.480 e. The minimum absolute atomic E-state index is 0.380. The van der Waals surface area contributed by atoms with Crippen LogP contribution in [0.2, 0.25) is 0 Å². The van der Waals surface area contributed by atoms with E-state index in [1.165, 1.54) is 38.5 Å². The van der Waals surface area contributed by atoms with Crippen molar-refractivity contribution < 1.29 is 9.90 Å². The summed E-state index contributed by atoms with van der Waals surface area (Å²) in [5.41, 5.74) is 6.35. The van der Waals surface area contributed by atoms with Gasteiger partial charge in [-0.1, -0.05) is 0 Å². The third-order valence-corrected chi connectivity index (χ3v) is 7.69. The van der Waals surface area contributed by atoms with Crippen LogP contribution in [0.5, 0.6) is 0 Å². The summed E-state index contributed by atoms with van der Waals surface area (Å²) in [7, 11) is 0. The summed E-state index contributed by atoms with van der Waals surface area (Å²) in [6.45, 7) is 3.97. The van der Waals surface area contributed by atoms with Crippen LogP contribution in [0.25, 0.3) is 0 Å². The van der Waals surface area contributed by atoms with Gasteiger partial charge in [-0.25, -0.2) is 0 Å². The molecule has 0 radical (unpaired) electrons. The molecule has 4 heteroatoms. The Labute approximate surface area is 126 Å². The molecule has 0 saturated heterocycles. The molecule has 3 nitrogen and oxygen atoms in total. The standard InChI is InChI=1S/C16H27NO2S/c1-15(2,13(17)14(18)19)20-9-16-6-10-3-11(7-16)5-12(4-10)8-16/h10-13H,3-9,17H2,1-2H3,(H,18,19)/t10?,11?,12?,13-,16?/m0/s1. The van der Waals surface area contributed by atoms with Gasteiger partial charge in [0.05, 0.1) is 0 Å². The average molecular weight is 297 g/mol. The van der Waals surface area contributed by atoms with Crippen molar-refractivity contribution in [2.45, 2.75) is 63.2 Å². The van der Waals surface area contributed by atoms with E-state index < -0.39 is 12.0 Å². The lowest BCUT2D eigenvalue weighted by Gasteiger charge is -2.57. The number of carbonyl (C=O) groups is 1. The largest absolute Gasteiger partial charge is 0.480 e. The van der Waals surface area contributed by atoms with Crippen molar-refractivity contribution in [2.24, 2.45) is 28.9 Å². The first-order valence-electron chi connectivity index (χ1n) is 7.92. The van der Waals surface area contributed by atoms with E-state index in [9.17, 15) is 4.79 Å². The van der Waals surface area contributed by atoms with Gasteiger partial charge in [0.15, 0.2) is 0 Å². The van der Waals surface area contributed by atoms with Gasteiger partial charge in [-0.3, -0.25) is 4.79 Å². The highest BCUT2D eigenvalue weighted by molar-refractivity contribution is 8.00. The summed E-state index contributed by atoms with van der Waals surface area (Å²) in [4.78, 5) is 11.1. The summed E-state index contributed by atoms with van der Waals surface area (Å²) in [6, 6.07) is -0.776. The van der Waals surface area contributed by atoms with Crippen LogP contribution < -0.4 is 5.73 Å². The highest BCUT2D eigenvalue weighted by Gasteiger charge is 2.51. The maximum absolute atomic E-state index is 11.1. The zero-order valence-corrected chi connectivity index (χ0v) is 13.4. The van der Waals surface area contributed by atoms with Gasteiger partial charge in [0.1, 0.15) is 6.04 Å². The zero-order valence-electron chi connectivity index (χ0n) is 12.6. The molecule has 3 N–H and O–H groups in total. The van der Waals surface area contributed by atoms with E-state index in [2.05, 4.69) is 0 Å². The molecule has 4 saturated carbocycles. The van der Waals surface area contributed by atoms with Gasteiger partial charge in [-0.05, 0) is 81.3 Å². The fourth-order valence-corrected chi connectivity index (χ4v) is 6.51. The van der Waals surface area contributed by atoms with Crippen LogP contribution in [0.1, 0.15) is 52.4 Å². The van der Waals surface area contributed by atoms with Crippen LogP contribution >= 0.6 is 11.8 Å². The average Bonchev–Trinajstić information content (AvgIpc) is 2.34. The molecule has 20 heavy (non-hydrogen) atoms. The fourth-order valence-electron chi connectivity index (χ4n) is 5.19. The van der Waals surface area contributed by atoms with E-state index in [4.69, 9.17) is 10.8 Å². The molecule has 0 aliphatic heterocycles. The molecular formula is C16H27NO2S. The Hall–Kier alpha value is -0.220. The van der Waals surface area contributed by atoms with E-state index >= 15 is 0 Å². The molecule has 0 amide bonds. The first-order valence-corrected chi connectivity index (χ1v) is 8.91. The smallest absolute Gasteiger partial charge is 0.321 e. The lowest BCUT2D eigenvalue weighted by Crippen LogP contribution is -2.50. The summed E-state index contributed by atoms with van der Waals surface area (Å²) >= 11 is 1.80. The van der Waals surface area contributed by atoms with Gasteiger partial charge in [0.2, 0.25) is 0 Å². The molecule has 0 heterocycles. The molecule has 114 valence electrons. The number of aliphatic carboxylic acids is 1. The number of hydrogen-bond acceptors (Lipinski definition) is 3. The second-order valence-corrected chi connectivity index (χ2v) is 9.76. The van der Waals surface area contributed by atoms with Gasteiger partial charge in [0, 0.05) is 4.75 Å². The lowest BCUT2D eigenvalue weighted by molar-refractivity contribution is -0.139. The van der Waals surface area contributed by atoms with E-state index in [-0.39, 0.29) is 4.75 Å². The lowest BCUT2D eigenvalue weighted by atomic mass is 9.50. The third kappa shape index (κ3) is 2.61. The Morgan fingerprint density at radius 1 is 1.25 bits per heavy atom. The van der Waals surface area contributed by atoms with Crippen molar-refractivity contribution in [3.63, 3.8) is 0 Å². The molecule has 0 aromatic carbocycles. The number of nitrogens with two attached hydrogens (primary N) is 1. The summed E-state index contributed by atoms with van der Waals surface area (Å²) in [5.74, 6) is 3.09. The Kier molecular flexibility index (Phi) is 3.61. The maximum atomic E-state index is 11.1. The minimum atomic E-state index is -0.881. The first kappa shape index (κ1) is 14.7. The first-order chi connectivity index (χ1) is 9.30. The highest BCUT2D eigenvalue weighted by Crippen LogP contribution is 2.61. The Balaban J connectivity index is 1.65. The Morgan fingerprint density at radius 2 is 1.70 bits per heavy atom. The van der Waals surface area contributed by atoms with Crippen LogP contribution in [0.3, 0.4) is 0 Å². The van der Waals surface area contributed by atoms with Crippen molar-refractivity contribution in [3.05, 3.63) is 0 Å². The molecule has 0 spiro atoms. The number of carboxylic acids is 1. The predicted octanol–water partition coefficient (Wildman–Crippen LogP) is 3.13. The molecule has 4 aliphatic rings. The van der Waals surface area contributed by atoms with Crippen LogP contribution in [0, 0.1) is 23.2 Å². The van der Waals surface area contributed by atoms with Crippen molar-refractivity contribution in [1.29, 1.82) is 0 Å². The van der Waals surface area contributed by atoms with Crippen LogP contribution in [0.4, 0.5) is 0 Å². The highest BCUT2D eigenvalue weighted by atomic mass is 32.2. The van der Waals surface area contributed by atoms with E-state index in [1.807, 2.05) is 13.8 Å². The third-order valence-electron chi connectivity index (χ3n) is 5.93. The quantitative estimate of drug-likeness (QED) is 0.818. The van der Waals surface area contributed by atoms with Crippen molar-refractivity contribution in [3.8, 4) is 0 Å².